The molecule has 14 heavy (non-hydrogen) atoms. The third kappa shape index (κ3) is 3.62. The summed E-state index contributed by atoms with van der Waals surface area (Å²) in [6, 6.07) is 8.14. The summed E-state index contributed by atoms with van der Waals surface area (Å²) in [5.74, 6) is 1.42. The summed E-state index contributed by atoms with van der Waals surface area (Å²) in [5.41, 5.74) is 1.37. The maximum Gasteiger partial charge on any atom is 0.0406 e. The van der Waals surface area contributed by atoms with Crippen LogP contribution in [0.5, 0.6) is 0 Å². The first-order valence-corrected chi connectivity index (χ1v) is 6.44. The van der Waals surface area contributed by atoms with E-state index in [9.17, 15) is 0 Å². The molecule has 1 aromatic carbocycles. The number of halogens is 2. The van der Waals surface area contributed by atoms with Crippen molar-refractivity contribution in [1.29, 1.82) is 0 Å². The van der Waals surface area contributed by atoms with Gasteiger partial charge in [-0.15, -0.1) is 0 Å². The van der Waals surface area contributed by atoms with Gasteiger partial charge in [-0.05, 0) is 36.0 Å². The molecule has 1 aromatic rings. The van der Waals surface area contributed by atoms with Crippen LogP contribution in [0.4, 0.5) is 0 Å². The molecule has 0 fully saturated rings. The van der Waals surface area contributed by atoms with Gasteiger partial charge in [-0.25, -0.2) is 0 Å². The topological polar surface area (TPSA) is 0 Å². The summed E-state index contributed by atoms with van der Waals surface area (Å²) in [5, 5.41) is 1.88. The molecule has 0 aliphatic rings. The van der Waals surface area contributed by atoms with Crippen LogP contribution in [0.3, 0.4) is 0 Å². The van der Waals surface area contributed by atoms with Gasteiger partial charge in [0.15, 0.2) is 0 Å². The Morgan fingerprint density at radius 1 is 1.21 bits per heavy atom. The quantitative estimate of drug-likeness (QED) is 0.707. The summed E-state index contributed by atoms with van der Waals surface area (Å²) >= 11 is 9.40. The fraction of sp³-hybridized carbons (Fsp3) is 0.500. The molecule has 78 valence electrons. The van der Waals surface area contributed by atoms with Crippen molar-refractivity contribution in [3.8, 4) is 0 Å². The molecule has 0 heterocycles. The van der Waals surface area contributed by atoms with E-state index in [1.807, 2.05) is 12.1 Å². The van der Waals surface area contributed by atoms with E-state index >= 15 is 0 Å². The Balaban J connectivity index is 2.63. The molecule has 0 nitrogen and oxygen atoms in total. The Hall–Kier alpha value is -0.0100. The van der Waals surface area contributed by atoms with Gasteiger partial charge in [0, 0.05) is 10.4 Å². The molecule has 0 saturated heterocycles. The van der Waals surface area contributed by atoms with E-state index in [-0.39, 0.29) is 0 Å². The van der Waals surface area contributed by atoms with Crippen molar-refractivity contribution in [2.24, 2.45) is 11.8 Å². The third-order valence-corrected chi connectivity index (χ3v) is 3.64. The van der Waals surface area contributed by atoms with E-state index in [0.717, 1.165) is 16.8 Å². The molecule has 0 aliphatic heterocycles. The smallest absolute Gasteiger partial charge is 0.0406 e. The predicted molar refractivity (Wildman–Crippen MR) is 67.3 cm³/mol. The molecular formula is C12H16BrCl. The lowest BCUT2D eigenvalue weighted by molar-refractivity contribution is 0.427. The summed E-state index contributed by atoms with van der Waals surface area (Å²) < 4.78 is 0. The zero-order chi connectivity index (χ0) is 10.6. The van der Waals surface area contributed by atoms with Gasteiger partial charge >= 0.3 is 0 Å². The Labute approximate surface area is 99.8 Å². The highest BCUT2D eigenvalue weighted by molar-refractivity contribution is 9.09. The van der Waals surface area contributed by atoms with Gasteiger partial charge in [0.05, 0.1) is 0 Å². The lowest BCUT2D eigenvalue weighted by Crippen LogP contribution is -2.13. The second-order valence-electron chi connectivity index (χ2n) is 3.99. The fourth-order valence-electron chi connectivity index (χ4n) is 1.39. The van der Waals surface area contributed by atoms with Crippen molar-refractivity contribution in [3.63, 3.8) is 0 Å². The molecule has 0 N–H and O–H groups in total. The highest BCUT2D eigenvalue weighted by atomic mass is 79.9. The highest BCUT2D eigenvalue weighted by Gasteiger charge is 2.12. The number of rotatable bonds is 4. The summed E-state index contributed by atoms with van der Waals surface area (Å²) in [7, 11) is 0. The molecule has 1 atom stereocenters. The minimum atomic E-state index is 0.705. The van der Waals surface area contributed by atoms with Crippen molar-refractivity contribution in [2.45, 2.75) is 20.3 Å². The van der Waals surface area contributed by atoms with Crippen molar-refractivity contribution < 1.29 is 0 Å². The predicted octanol–water partition coefficient (Wildman–Crippen LogP) is 4.55. The SMILES string of the molecule is CC(C)C(CBr)Cc1ccc(Cl)cc1. The van der Waals surface area contributed by atoms with Gasteiger partial charge in [-0.2, -0.15) is 0 Å². The van der Waals surface area contributed by atoms with E-state index in [0.29, 0.717) is 11.8 Å². The first-order valence-electron chi connectivity index (χ1n) is 4.94. The molecule has 0 saturated carbocycles. The molecular weight excluding hydrogens is 259 g/mol. The van der Waals surface area contributed by atoms with Crippen molar-refractivity contribution in [1.82, 2.24) is 0 Å². The van der Waals surface area contributed by atoms with Gasteiger partial charge < -0.3 is 0 Å². The molecule has 0 aliphatic carbocycles. The molecule has 0 amide bonds. The summed E-state index contributed by atoms with van der Waals surface area (Å²) in [4.78, 5) is 0. The van der Waals surface area contributed by atoms with E-state index in [2.05, 4.69) is 41.9 Å². The minimum absolute atomic E-state index is 0.705. The van der Waals surface area contributed by atoms with Gasteiger partial charge in [-0.1, -0.05) is 53.5 Å². The highest BCUT2D eigenvalue weighted by Crippen LogP contribution is 2.20. The Bertz CT molecular complexity index is 266. The zero-order valence-corrected chi connectivity index (χ0v) is 11.0. The molecule has 0 aromatic heterocycles. The summed E-state index contributed by atoms with van der Waals surface area (Å²) in [6.07, 6.45) is 1.13. The average molecular weight is 276 g/mol. The van der Waals surface area contributed by atoms with Crippen molar-refractivity contribution >= 4 is 27.5 Å². The fourth-order valence-corrected chi connectivity index (χ4v) is 2.49. The standard InChI is InChI=1S/C12H16BrCl/c1-9(2)11(8-13)7-10-3-5-12(14)6-4-10/h3-6,9,11H,7-8H2,1-2H3. The van der Waals surface area contributed by atoms with Crippen LogP contribution in [0.15, 0.2) is 24.3 Å². The van der Waals surface area contributed by atoms with Gasteiger partial charge in [-0.3, -0.25) is 0 Å². The number of alkyl halides is 1. The second-order valence-corrected chi connectivity index (χ2v) is 5.07. The van der Waals surface area contributed by atoms with Crippen LogP contribution in [-0.2, 0) is 6.42 Å². The maximum atomic E-state index is 5.84. The molecule has 1 rings (SSSR count). The van der Waals surface area contributed by atoms with E-state index in [1.54, 1.807) is 0 Å². The van der Waals surface area contributed by atoms with Crippen molar-refractivity contribution in [3.05, 3.63) is 34.9 Å². The minimum Gasteiger partial charge on any atom is -0.0925 e. The van der Waals surface area contributed by atoms with Gasteiger partial charge in [0.2, 0.25) is 0 Å². The zero-order valence-electron chi connectivity index (χ0n) is 8.63. The van der Waals surface area contributed by atoms with Crippen LogP contribution in [0.2, 0.25) is 5.02 Å². The van der Waals surface area contributed by atoms with Crippen LogP contribution in [-0.4, -0.2) is 5.33 Å². The van der Waals surface area contributed by atoms with Gasteiger partial charge in [0.1, 0.15) is 0 Å². The molecule has 0 radical (unpaired) electrons. The molecule has 0 spiro atoms. The first kappa shape index (κ1) is 12.1. The normalized spacial score (nSPS) is 13.2. The molecule has 1 unspecified atom stereocenters. The van der Waals surface area contributed by atoms with Gasteiger partial charge in [0.25, 0.3) is 0 Å². The van der Waals surface area contributed by atoms with Crippen molar-refractivity contribution in [2.75, 3.05) is 5.33 Å². The summed E-state index contributed by atoms with van der Waals surface area (Å²) in [6.45, 7) is 4.53. The lowest BCUT2D eigenvalue weighted by atomic mass is 9.91. The number of hydrogen-bond acceptors (Lipinski definition) is 0. The molecule has 2 heteroatoms. The average Bonchev–Trinajstić information content (AvgIpc) is 2.16. The largest absolute Gasteiger partial charge is 0.0925 e. The van der Waals surface area contributed by atoms with Crippen LogP contribution in [0.1, 0.15) is 19.4 Å². The second kappa shape index (κ2) is 5.77. The molecule has 0 bridgehead atoms. The number of benzene rings is 1. The first-order chi connectivity index (χ1) is 6.63. The van der Waals surface area contributed by atoms with Crippen LogP contribution in [0, 0.1) is 11.8 Å². The Kier molecular flexibility index (Phi) is 4.97. The van der Waals surface area contributed by atoms with E-state index < -0.39 is 0 Å². The Morgan fingerprint density at radius 3 is 2.21 bits per heavy atom. The number of hydrogen-bond donors (Lipinski definition) is 0. The van der Waals surface area contributed by atoms with Crippen LogP contribution < -0.4 is 0 Å². The maximum absolute atomic E-state index is 5.84. The third-order valence-electron chi connectivity index (χ3n) is 2.55. The lowest BCUT2D eigenvalue weighted by Gasteiger charge is -2.17. The Morgan fingerprint density at radius 2 is 1.79 bits per heavy atom. The van der Waals surface area contributed by atoms with E-state index in [1.165, 1.54) is 5.56 Å². The van der Waals surface area contributed by atoms with E-state index in [4.69, 9.17) is 11.6 Å². The van der Waals surface area contributed by atoms with Crippen LogP contribution in [0.25, 0.3) is 0 Å². The van der Waals surface area contributed by atoms with Crippen LogP contribution >= 0.6 is 27.5 Å². The monoisotopic (exact) mass is 274 g/mol.